The second-order valence-electron chi connectivity index (χ2n) is 11.7. The molecule has 0 fully saturated rings. The van der Waals surface area contributed by atoms with Gasteiger partial charge in [0, 0.05) is 31.1 Å². The van der Waals surface area contributed by atoms with Gasteiger partial charge in [-0.25, -0.2) is 14.4 Å². The van der Waals surface area contributed by atoms with Crippen molar-refractivity contribution in [3.63, 3.8) is 0 Å². The molecule has 0 amide bonds. The summed E-state index contributed by atoms with van der Waals surface area (Å²) in [6.45, 7) is 5.62. The molecule has 49 heavy (non-hydrogen) atoms. The van der Waals surface area contributed by atoms with Crippen LogP contribution in [0, 0.1) is 24.1 Å². The Labute approximate surface area is 281 Å². The van der Waals surface area contributed by atoms with Crippen LogP contribution in [0.1, 0.15) is 66.0 Å². The first kappa shape index (κ1) is 36.5. The Kier molecular flexibility index (Phi) is 11.7. The molecule has 0 bridgehead atoms. The molecule has 0 unspecified atom stereocenters. The number of halogens is 4. The quantitative estimate of drug-likeness (QED) is 0.104. The SMILES string of the molecule is COc1cc(CN(Cc2cc(C#N)cc(C(F)(F)F)c2)c2ncc(OCCCC(=O)O)cn2)c(-c2cc(C(C)C)c(F)cc2OC)cc1C. The first-order valence-corrected chi connectivity index (χ1v) is 15.3. The largest absolute Gasteiger partial charge is 0.496 e. The number of nitriles is 1. The topological polar surface area (TPSA) is 118 Å². The maximum Gasteiger partial charge on any atom is 0.416 e. The second-order valence-corrected chi connectivity index (χ2v) is 11.7. The molecule has 0 aliphatic carbocycles. The molecule has 13 heteroatoms. The van der Waals surface area contributed by atoms with Crippen molar-refractivity contribution in [2.45, 2.75) is 58.8 Å². The minimum Gasteiger partial charge on any atom is -0.496 e. The summed E-state index contributed by atoms with van der Waals surface area (Å²) in [7, 11) is 2.96. The van der Waals surface area contributed by atoms with Crippen molar-refractivity contribution in [1.82, 2.24) is 9.97 Å². The Morgan fingerprint density at radius 1 is 0.980 bits per heavy atom. The Bertz CT molecular complexity index is 1840. The third kappa shape index (κ3) is 9.16. The summed E-state index contributed by atoms with van der Waals surface area (Å²) >= 11 is 0. The summed E-state index contributed by atoms with van der Waals surface area (Å²) in [6, 6.07) is 11.7. The highest BCUT2D eigenvalue weighted by atomic mass is 19.4. The third-order valence-electron chi connectivity index (χ3n) is 7.74. The van der Waals surface area contributed by atoms with E-state index in [-0.39, 0.29) is 67.0 Å². The molecule has 0 saturated carbocycles. The zero-order valence-electron chi connectivity index (χ0n) is 27.7. The first-order chi connectivity index (χ1) is 23.2. The molecule has 258 valence electrons. The summed E-state index contributed by atoms with van der Waals surface area (Å²) in [5, 5.41) is 18.4. The normalized spacial score (nSPS) is 11.3. The van der Waals surface area contributed by atoms with Crippen LogP contribution in [-0.2, 0) is 24.1 Å². The number of aryl methyl sites for hydroxylation is 1. The summed E-state index contributed by atoms with van der Waals surface area (Å²) in [5.74, 6) is -0.274. The number of methoxy groups -OCH3 is 2. The monoisotopic (exact) mass is 680 g/mol. The van der Waals surface area contributed by atoms with Crippen LogP contribution in [0.15, 0.2) is 54.9 Å². The van der Waals surface area contributed by atoms with E-state index in [0.717, 1.165) is 17.7 Å². The van der Waals surface area contributed by atoms with Crippen molar-refractivity contribution in [3.8, 4) is 34.4 Å². The van der Waals surface area contributed by atoms with E-state index < -0.39 is 23.5 Å². The molecule has 1 aromatic heterocycles. The van der Waals surface area contributed by atoms with Gasteiger partial charge in [-0.15, -0.1) is 0 Å². The number of carboxylic acid groups (broad SMARTS) is 1. The molecule has 1 N–H and O–H groups in total. The van der Waals surface area contributed by atoms with E-state index in [2.05, 4.69) is 9.97 Å². The van der Waals surface area contributed by atoms with Crippen LogP contribution in [0.4, 0.5) is 23.5 Å². The fourth-order valence-corrected chi connectivity index (χ4v) is 5.32. The second kappa shape index (κ2) is 15.7. The minimum atomic E-state index is -4.69. The van der Waals surface area contributed by atoms with Crippen molar-refractivity contribution >= 4 is 11.9 Å². The Morgan fingerprint density at radius 2 is 1.67 bits per heavy atom. The summed E-state index contributed by atoms with van der Waals surface area (Å²) in [6.07, 6.45) is -1.72. The van der Waals surface area contributed by atoms with Crippen LogP contribution in [0.2, 0.25) is 0 Å². The van der Waals surface area contributed by atoms with Crippen LogP contribution in [0.25, 0.3) is 11.1 Å². The van der Waals surface area contributed by atoms with Gasteiger partial charge in [-0.05, 0) is 83.5 Å². The van der Waals surface area contributed by atoms with E-state index in [1.54, 1.807) is 23.1 Å². The molecule has 4 aromatic rings. The molecule has 0 atom stereocenters. The molecule has 0 aliphatic heterocycles. The highest BCUT2D eigenvalue weighted by Crippen LogP contribution is 2.40. The van der Waals surface area contributed by atoms with Crippen LogP contribution < -0.4 is 19.1 Å². The number of carbonyl (C=O) groups is 1. The predicted octanol–water partition coefficient (Wildman–Crippen LogP) is 8.07. The number of benzene rings is 3. The fraction of sp³-hybridized carbons (Fsp3) is 0.333. The van der Waals surface area contributed by atoms with Crippen molar-refractivity contribution < 1.29 is 41.7 Å². The summed E-state index contributed by atoms with van der Waals surface area (Å²) < 4.78 is 73.3. The van der Waals surface area contributed by atoms with Gasteiger partial charge >= 0.3 is 12.1 Å². The molecular weight excluding hydrogens is 644 g/mol. The van der Waals surface area contributed by atoms with Gasteiger partial charge in [0.05, 0.1) is 50.4 Å². The lowest BCUT2D eigenvalue weighted by Gasteiger charge is -2.26. The molecule has 3 aromatic carbocycles. The van der Waals surface area contributed by atoms with E-state index in [1.165, 1.54) is 38.7 Å². The first-order valence-electron chi connectivity index (χ1n) is 15.3. The highest BCUT2D eigenvalue weighted by molar-refractivity contribution is 5.76. The molecular formula is C36H36F4N4O5. The Balaban J connectivity index is 1.84. The number of aliphatic carboxylic acids is 1. The van der Waals surface area contributed by atoms with E-state index in [4.69, 9.17) is 19.3 Å². The smallest absolute Gasteiger partial charge is 0.416 e. The lowest BCUT2D eigenvalue weighted by atomic mass is 9.91. The van der Waals surface area contributed by atoms with E-state index >= 15 is 4.39 Å². The fourth-order valence-electron chi connectivity index (χ4n) is 5.32. The predicted molar refractivity (Wildman–Crippen MR) is 174 cm³/mol. The highest BCUT2D eigenvalue weighted by Gasteiger charge is 2.31. The van der Waals surface area contributed by atoms with Crippen molar-refractivity contribution in [1.29, 1.82) is 5.26 Å². The van der Waals surface area contributed by atoms with Gasteiger partial charge in [0.1, 0.15) is 17.3 Å². The number of ether oxygens (including phenoxy) is 3. The van der Waals surface area contributed by atoms with E-state index in [0.29, 0.717) is 28.0 Å². The third-order valence-corrected chi connectivity index (χ3v) is 7.74. The van der Waals surface area contributed by atoms with Crippen LogP contribution in [0.5, 0.6) is 17.2 Å². The maximum absolute atomic E-state index is 15.0. The van der Waals surface area contributed by atoms with Crippen LogP contribution >= 0.6 is 0 Å². The zero-order valence-corrected chi connectivity index (χ0v) is 27.7. The van der Waals surface area contributed by atoms with Gasteiger partial charge < -0.3 is 24.2 Å². The average Bonchev–Trinajstić information content (AvgIpc) is 3.06. The minimum absolute atomic E-state index is 0.0421. The zero-order chi connectivity index (χ0) is 35.9. The number of hydrogen-bond acceptors (Lipinski definition) is 8. The lowest BCUT2D eigenvalue weighted by molar-refractivity contribution is -0.138. The average molecular weight is 681 g/mol. The molecule has 0 saturated heterocycles. The van der Waals surface area contributed by atoms with E-state index in [9.17, 15) is 23.2 Å². The summed E-state index contributed by atoms with van der Waals surface area (Å²) in [5.41, 5.74) is 2.23. The number of hydrogen-bond donors (Lipinski definition) is 1. The number of alkyl halides is 3. The standard InChI is InChI=1S/C36H36F4N4O5/c1-21(2)28-14-30(33(48-5)15-31(28)37)29-9-22(3)32(47-4)13-25(29)20-44(19-24-10-23(16-41)11-26(12-24)36(38,39)40)35-42-17-27(18-43-35)49-8-6-7-34(45)46/h9-15,17-18,21H,6-8,19-20H2,1-5H3,(H,45,46). The van der Waals surface area contributed by atoms with Crippen molar-refractivity contribution in [2.24, 2.45) is 0 Å². The molecule has 4 rings (SSSR count). The van der Waals surface area contributed by atoms with Crippen LogP contribution in [0.3, 0.4) is 0 Å². The summed E-state index contributed by atoms with van der Waals surface area (Å²) in [4.78, 5) is 21.3. The Morgan fingerprint density at radius 3 is 2.27 bits per heavy atom. The number of anilines is 1. The number of rotatable bonds is 14. The Hall–Kier alpha value is -5.38. The lowest BCUT2D eigenvalue weighted by Crippen LogP contribution is -2.25. The van der Waals surface area contributed by atoms with Gasteiger partial charge in [0.25, 0.3) is 0 Å². The number of carboxylic acids is 1. The number of aromatic nitrogens is 2. The van der Waals surface area contributed by atoms with Crippen molar-refractivity contribution in [3.05, 3.63) is 94.1 Å². The van der Waals surface area contributed by atoms with Gasteiger partial charge in [-0.3, -0.25) is 4.79 Å². The van der Waals surface area contributed by atoms with Gasteiger partial charge in [0.15, 0.2) is 5.75 Å². The van der Waals surface area contributed by atoms with Gasteiger partial charge in [-0.2, -0.15) is 18.4 Å². The van der Waals surface area contributed by atoms with Crippen LogP contribution in [-0.4, -0.2) is 41.9 Å². The molecule has 9 nitrogen and oxygen atoms in total. The van der Waals surface area contributed by atoms with Crippen molar-refractivity contribution in [2.75, 3.05) is 25.7 Å². The molecule has 0 radical (unpaired) electrons. The maximum atomic E-state index is 15.0. The van der Waals surface area contributed by atoms with Gasteiger partial charge in [0.2, 0.25) is 5.95 Å². The van der Waals surface area contributed by atoms with E-state index in [1.807, 2.05) is 26.8 Å². The number of nitrogens with zero attached hydrogens (tertiary/aromatic N) is 4. The molecule has 1 heterocycles. The molecule has 0 aliphatic rings. The van der Waals surface area contributed by atoms with Gasteiger partial charge in [-0.1, -0.05) is 13.8 Å². The molecule has 0 spiro atoms.